The molecule has 3 heteroatoms. The first kappa shape index (κ1) is 14.7. The molecule has 4 aromatic rings. The molecular formula is C21H14O2S. The second-order valence-corrected chi connectivity index (χ2v) is 6.60. The van der Waals surface area contributed by atoms with Crippen LogP contribution in [-0.4, -0.2) is 11.1 Å². The zero-order chi connectivity index (χ0) is 16.5. The van der Waals surface area contributed by atoms with E-state index in [9.17, 15) is 9.90 Å². The van der Waals surface area contributed by atoms with Crippen molar-refractivity contribution < 1.29 is 9.90 Å². The van der Waals surface area contributed by atoms with Crippen LogP contribution in [-0.2, 0) is 4.79 Å². The van der Waals surface area contributed by atoms with Crippen LogP contribution in [0.3, 0.4) is 0 Å². The number of benzene rings is 3. The predicted octanol–water partition coefficient (Wildman–Crippen LogP) is 5.68. The molecule has 3 aromatic carbocycles. The van der Waals surface area contributed by atoms with E-state index in [2.05, 4.69) is 18.2 Å². The molecule has 0 amide bonds. The second kappa shape index (κ2) is 5.95. The van der Waals surface area contributed by atoms with E-state index in [1.54, 1.807) is 17.4 Å². The standard InChI is InChI=1S/C21H14O2S/c22-21(23)18(14-7-2-1-3-8-14)13-15-9-6-11-17-16-10-4-5-12-19(16)24-20(15)17/h1-13H,(H,22,23)/b18-13-. The lowest BCUT2D eigenvalue weighted by Gasteiger charge is -2.04. The van der Waals surface area contributed by atoms with Crippen molar-refractivity contribution >= 4 is 49.1 Å². The monoisotopic (exact) mass is 330 g/mol. The smallest absolute Gasteiger partial charge is 0.336 e. The molecule has 0 radical (unpaired) electrons. The Morgan fingerprint density at radius 3 is 2.33 bits per heavy atom. The molecule has 0 unspecified atom stereocenters. The topological polar surface area (TPSA) is 37.3 Å². The predicted molar refractivity (Wildman–Crippen MR) is 101 cm³/mol. The molecular weight excluding hydrogens is 316 g/mol. The number of rotatable bonds is 3. The van der Waals surface area contributed by atoms with Crippen LogP contribution >= 0.6 is 11.3 Å². The van der Waals surface area contributed by atoms with Gasteiger partial charge >= 0.3 is 5.97 Å². The van der Waals surface area contributed by atoms with Crippen LogP contribution in [0.1, 0.15) is 11.1 Å². The summed E-state index contributed by atoms with van der Waals surface area (Å²) in [5.74, 6) is -0.917. The Hall–Kier alpha value is -2.91. The fourth-order valence-corrected chi connectivity index (χ4v) is 4.11. The van der Waals surface area contributed by atoms with Crippen LogP contribution in [0.4, 0.5) is 0 Å². The van der Waals surface area contributed by atoms with Gasteiger partial charge in [-0.2, -0.15) is 0 Å². The van der Waals surface area contributed by atoms with Crippen molar-refractivity contribution in [1.82, 2.24) is 0 Å². The minimum Gasteiger partial charge on any atom is -0.478 e. The van der Waals surface area contributed by atoms with Gasteiger partial charge < -0.3 is 5.11 Å². The maximum atomic E-state index is 11.7. The maximum Gasteiger partial charge on any atom is 0.336 e. The largest absolute Gasteiger partial charge is 0.478 e. The first-order valence-electron chi connectivity index (χ1n) is 7.65. The molecule has 0 fully saturated rings. The molecule has 0 bridgehead atoms. The number of hydrogen-bond acceptors (Lipinski definition) is 2. The van der Waals surface area contributed by atoms with Crippen molar-refractivity contribution in [3.63, 3.8) is 0 Å². The Bertz CT molecular complexity index is 1070. The lowest BCUT2D eigenvalue weighted by Crippen LogP contribution is -1.99. The molecule has 4 rings (SSSR count). The lowest BCUT2D eigenvalue weighted by atomic mass is 10.0. The van der Waals surface area contributed by atoms with Crippen LogP contribution in [0, 0.1) is 0 Å². The third-order valence-corrected chi connectivity index (χ3v) is 5.29. The highest BCUT2D eigenvalue weighted by atomic mass is 32.1. The summed E-state index contributed by atoms with van der Waals surface area (Å²) in [5.41, 5.74) is 1.96. The number of carbonyl (C=O) groups is 1. The van der Waals surface area contributed by atoms with Crippen molar-refractivity contribution in [3.05, 3.63) is 83.9 Å². The highest BCUT2D eigenvalue weighted by Crippen LogP contribution is 2.37. The van der Waals surface area contributed by atoms with Crippen LogP contribution in [0.15, 0.2) is 72.8 Å². The van der Waals surface area contributed by atoms with Gasteiger partial charge in [-0.1, -0.05) is 66.7 Å². The molecule has 1 aromatic heterocycles. The summed E-state index contributed by atoms with van der Waals surface area (Å²) >= 11 is 1.70. The highest BCUT2D eigenvalue weighted by molar-refractivity contribution is 7.26. The number of fused-ring (bicyclic) bond motifs is 3. The Morgan fingerprint density at radius 1 is 0.833 bits per heavy atom. The van der Waals surface area contributed by atoms with E-state index in [4.69, 9.17) is 0 Å². The first-order chi connectivity index (χ1) is 11.7. The van der Waals surface area contributed by atoms with Gasteiger partial charge in [0.2, 0.25) is 0 Å². The number of thiophene rings is 1. The summed E-state index contributed by atoms with van der Waals surface area (Å²) in [7, 11) is 0. The van der Waals surface area contributed by atoms with Crippen LogP contribution in [0.25, 0.3) is 31.8 Å². The third-order valence-electron chi connectivity index (χ3n) is 4.05. The summed E-state index contributed by atoms with van der Waals surface area (Å²) in [4.78, 5) is 11.7. The van der Waals surface area contributed by atoms with E-state index in [-0.39, 0.29) is 0 Å². The molecule has 0 atom stereocenters. The minimum atomic E-state index is -0.917. The number of carboxylic acids is 1. The highest BCUT2D eigenvalue weighted by Gasteiger charge is 2.12. The van der Waals surface area contributed by atoms with Crippen molar-refractivity contribution in [2.75, 3.05) is 0 Å². The first-order valence-corrected chi connectivity index (χ1v) is 8.46. The number of aliphatic carboxylic acids is 1. The molecule has 116 valence electrons. The summed E-state index contributed by atoms with van der Waals surface area (Å²) in [6, 6.07) is 23.6. The van der Waals surface area contributed by atoms with Crippen molar-refractivity contribution in [3.8, 4) is 0 Å². The Balaban J connectivity index is 1.97. The van der Waals surface area contributed by atoms with Gasteiger partial charge in [0.1, 0.15) is 0 Å². The Morgan fingerprint density at radius 2 is 1.54 bits per heavy atom. The Labute approximate surface area is 143 Å². The zero-order valence-corrected chi connectivity index (χ0v) is 13.6. The molecule has 0 saturated heterocycles. The molecule has 0 spiro atoms. The van der Waals surface area contributed by atoms with Crippen LogP contribution in [0.5, 0.6) is 0 Å². The van der Waals surface area contributed by atoms with Gasteiger partial charge in [0.05, 0.1) is 5.57 Å². The molecule has 1 heterocycles. The average Bonchev–Trinajstić information content (AvgIpc) is 2.99. The fraction of sp³-hybridized carbons (Fsp3) is 0. The maximum absolute atomic E-state index is 11.7. The number of hydrogen-bond donors (Lipinski definition) is 1. The van der Waals surface area contributed by atoms with Crippen LogP contribution < -0.4 is 0 Å². The molecule has 0 aliphatic heterocycles. The van der Waals surface area contributed by atoms with E-state index in [0.29, 0.717) is 11.1 Å². The SMILES string of the molecule is O=C(O)/C(=C\c1cccc2c1sc1ccccc12)c1ccccc1. The fourth-order valence-electron chi connectivity index (χ4n) is 2.92. The van der Waals surface area contributed by atoms with E-state index in [0.717, 1.165) is 10.3 Å². The van der Waals surface area contributed by atoms with Gasteiger partial charge in [-0.15, -0.1) is 11.3 Å². The molecule has 0 aliphatic carbocycles. The molecule has 0 saturated carbocycles. The lowest BCUT2D eigenvalue weighted by molar-refractivity contribution is -0.130. The molecule has 0 aliphatic rings. The third kappa shape index (κ3) is 2.49. The molecule has 24 heavy (non-hydrogen) atoms. The van der Waals surface area contributed by atoms with Gasteiger partial charge in [0, 0.05) is 20.2 Å². The van der Waals surface area contributed by atoms with Crippen molar-refractivity contribution in [2.45, 2.75) is 0 Å². The summed E-state index contributed by atoms with van der Waals surface area (Å²) in [5, 5.41) is 12.0. The van der Waals surface area contributed by atoms with Crippen LogP contribution in [0.2, 0.25) is 0 Å². The van der Waals surface area contributed by atoms with E-state index in [1.807, 2.05) is 54.6 Å². The van der Waals surface area contributed by atoms with Gasteiger partial charge in [-0.3, -0.25) is 0 Å². The minimum absolute atomic E-state index is 0.306. The quantitative estimate of drug-likeness (QED) is 0.387. The second-order valence-electron chi connectivity index (χ2n) is 5.55. The zero-order valence-electron chi connectivity index (χ0n) is 12.8. The average molecular weight is 330 g/mol. The van der Waals surface area contributed by atoms with E-state index < -0.39 is 5.97 Å². The van der Waals surface area contributed by atoms with Gasteiger partial charge in [0.15, 0.2) is 0 Å². The van der Waals surface area contributed by atoms with Gasteiger partial charge in [-0.05, 0) is 23.3 Å². The van der Waals surface area contributed by atoms with Crippen molar-refractivity contribution in [1.29, 1.82) is 0 Å². The normalized spacial score (nSPS) is 11.9. The molecule has 1 N–H and O–H groups in total. The Kier molecular flexibility index (Phi) is 3.63. The number of carboxylic acid groups (broad SMARTS) is 1. The van der Waals surface area contributed by atoms with Crippen molar-refractivity contribution in [2.24, 2.45) is 0 Å². The summed E-state index contributed by atoms with van der Waals surface area (Å²) < 4.78 is 2.33. The summed E-state index contributed by atoms with van der Waals surface area (Å²) in [6.45, 7) is 0. The van der Waals surface area contributed by atoms with E-state index >= 15 is 0 Å². The van der Waals surface area contributed by atoms with Gasteiger partial charge in [0.25, 0.3) is 0 Å². The van der Waals surface area contributed by atoms with E-state index in [1.165, 1.54) is 15.5 Å². The molecule has 2 nitrogen and oxygen atoms in total. The summed E-state index contributed by atoms with van der Waals surface area (Å²) in [6.07, 6.45) is 1.77. The van der Waals surface area contributed by atoms with Gasteiger partial charge in [-0.25, -0.2) is 4.79 Å².